The van der Waals surface area contributed by atoms with E-state index in [0.717, 1.165) is 18.4 Å². The van der Waals surface area contributed by atoms with Crippen LogP contribution in [0.5, 0.6) is 5.75 Å². The molecule has 1 aliphatic rings. The average molecular weight is 314 g/mol. The fourth-order valence-electron chi connectivity index (χ4n) is 2.12. The fourth-order valence-corrected chi connectivity index (χ4v) is 5.58. The molecule has 0 bridgehead atoms. The van der Waals surface area contributed by atoms with Crippen molar-refractivity contribution in [1.29, 1.82) is 0 Å². The second-order valence-electron chi connectivity index (χ2n) is 4.50. The van der Waals surface area contributed by atoms with Crippen LogP contribution in [0.3, 0.4) is 0 Å². The van der Waals surface area contributed by atoms with Crippen LogP contribution in [0.1, 0.15) is 42.6 Å². The van der Waals surface area contributed by atoms with Crippen molar-refractivity contribution in [2.75, 3.05) is 12.4 Å². The Morgan fingerprint density at radius 1 is 1.30 bits per heavy atom. The first-order valence-corrected chi connectivity index (χ1v) is 9.96. The second kappa shape index (κ2) is 6.79. The summed E-state index contributed by atoms with van der Waals surface area (Å²) < 4.78 is 23.6. The van der Waals surface area contributed by atoms with E-state index < -0.39 is 6.80 Å². The van der Waals surface area contributed by atoms with Gasteiger partial charge >= 0.3 is 6.80 Å². The van der Waals surface area contributed by atoms with Crippen molar-refractivity contribution >= 4 is 24.0 Å². The lowest BCUT2D eigenvalue weighted by atomic mass is 10.1. The number of carbonyl (C=O) groups is 1. The van der Waals surface area contributed by atoms with Gasteiger partial charge in [-0.25, -0.2) is 4.57 Å². The van der Waals surface area contributed by atoms with Gasteiger partial charge in [-0.2, -0.15) is 0 Å². The SMILES string of the molecule is CCCSP(=O)(OCC)Oc1cccc2c1C(=O)CC2. The molecular formula is C14H19O4PS. The van der Waals surface area contributed by atoms with Crippen molar-refractivity contribution in [3.63, 3.8) is 0 Å². The molecule has 1 aromatic carbocycles. The van der Waals surface area contributed by atoms with Gasteiger partial charge in [0.15, 0.2) is 5.78 Å². The number of carbonyl (C=O) groups excluding carboxylic acids is 1. The van der Waals surface area contributed by atoms with Crippen LogP contribution < -0.4 is 4.52 Å². The van der Waals surface area contributed by atoms with E-state index in [1.807, 2.05) is 19.1 Å². The zero-order valence-electron chi connectivity index (χ0n) is 11.8. The summed E-state index contributed by atoms with van der Waals surface area (Å²) in [4.78, 5) is 11.9. The van der Waals surface area contributed by atoms with Crippen LogP contribution in [0, 0.1) is 0 Å². The highest BCUT2D eigenvalue weighted by Gasteiger charge is 2.31. The first-order chi connectivity index (χ1) is 9.59. The first kappa shape index (κ1) is 15.6. The lowest BCUT2D eigenvalue weighted by molar-refractivity contribution is 0.0993. The molecule has 0 amide bonds. The van der Waals surface area contributed by atoms with Gasteiger partial charge in [-0.05, 0) is 42.8 Å². The van der Waals surface area contributed by atoms with E-state index in [0.29, 0.717) is 30.1 Å². The lowest BCUT2D eigenvalue weighted by Gasteiger charge is -2.18. The topological polar surface area (TPSA) is 52.6 Å². The molecule has 1 atom stereocenters. The third-order valence-electron chi connectivity index (χ3n) is 2.96. The Kier molecular flexibility index (Phi) is 5.30. The molecule has 1 aliphatic carbocycles. The minimum absolute atomic E-state index is 0.0548. The Hall–Kier alpha value is -0.770. The minimum Gasteiger partial charge on any atom is -0.416 e. The van der Waals surface area contributed by atoms with Gasteiger partial charge in [-0.15, -0.1) is 0 Å². The molecule has 4 nitrogen and oxygen atoms in total. The summed E-state index contributed by atoms with van der Waals surface area (Å²) >= 11 is 1.19. The molecule has 0 radical (unpaired) electrons. The van der Waals surface area contributed by atoms with E-state index in [9.17, 15) is 9.36 Å². The highest BCUT2D eigenvalue weighted by atomic mass is 32.7. The Morgan fingerprint density at radius 3 is 2.80 bits per heavy atom. The van der Waals surface area contributed by atoms with Gasteiger partial charge < -0.3 is 4.52 Å². The molecule has 0 N–H and O–H groups in total. The van der Waals surface area contributed by atoms with Crippen LogP contribution >= 0.6 is 18.2 Å². The minimum atomic E-state index is -3.25. The number of hydrogen-bond donors (Lipinski definition) is 0. The molecule has 0 aromatic heterocycles. The molecule has 0 saturated heterocycles. The normalized spacial score (nSPS) is 16.8. The van der Waals surface area contributed by atoms with Crippen LogP contribution in [0.25, 0.3) is 0 Å². The number of rotatable bonds is 7. The Morgan fingerprint density at radius 2 is 2.10 bits per heavy atom. The van der Waals surface area contributed by atoms with E-state index in [-0.39, 0.29) is 5.78 Å². The lowest BCUT2D eigenvalue weighted by Crippen LogP contribution is -2.01. The summed E-state index contributed by atoms with van der Waals surface area (Å²) in [5.41, 5.74) is 1.54. The largest absolute Gasteiger partial charge is 0.440 e. The molecular weight excluding hydrogens is 295 g/mol. The maximum absolute atomic E-state index is 12.7. The summed E-state index contributed by atoms with van der Waals surface area (Å²) in [7, 11) is 0. The zero-order valence-corrected chi connectivity index (χ0v) is 13.5. The van der Waals surface area contributed by atoms with Crippen LogP contribution in [0.4, 0.5) is 0 Å². The Bertz CT molecular complexity index is 544. The van der Waals surface area contributed by atoms with Crippen molar-refractivity contribution in [2.24, 2.45) is 0 Å². The number of fused-ring (bicyclic) bond motifs is 1. The third kappa shape index (κ3) is 3.46. The zero-order chi connectivity index (χ0) is 14.6. The van der Waals surface area contributed by atoms with Crippen molar-refractivity contribution in [2.45, 2.75) is 33.1 Å². The quantitative estimate of drug-likeness (QED) is 0.694. The van der Waals surface area contributed by atoms with Crippen LogP contribution in [-0.2, 0) is 15.5 Å². The maximum atomic E-state index is 12.7. The van der Waals surface area contributed by atoms with Crippen molar-refractivity contribution in [1.82, 2.24) is 0 Å². The first-order valence-electron chi connectivity index (χ1n) is 6.83. The van der Waals surface area contributed by atoms with E-state index in [1.165, 1.54) is 11.4 Å². The van der Waals surface area contributed by atoms with Gasteiger partial charge in [0.25, 0.3) is 0 Å². The molecule has 1 unspecified atom stereocenters. The van der Waals surface area contributed by atoms with Gasteiger partial charge in [0.1, 0.15) is 5.75 Å². The summed E-state index contributed by atoms with van der Waals surface area (Å²) in [6.45, 7) is 0.852. The predicted octanol–water partition coefficient (Wildman–Crippen LogP) is 4.48. The van der Waals surface area contributed by atoms with Gasteiger partial charge in [-0.3, -0.25) is 9.32 Å². The van der Waals surface area contributed by atoms with Gasteiger partial charge in [0.2, 0.25) is 0 Å². The smallest absolute Gasteiger partial charge is 0.416 e. The van der Waals surface area contributed by atoms with Gasteiger partial charge in [0.05, 0.1) is 12.2 Å². The monoisotopic (exact) mass is 314 g/mol. The maximum Gasteiger partial charge on any atom is 0.440 e. The molecule has 0 aliphatic heterocycles. The number of aryl methyl sites for hydroxylation is 1. The highest BCUT2D eigenvalue weighted by molar-refractivity contribution is 8.55. The highest BCUT2D eigenvalue weighted by Crippen LogP contribution is 2.60. The number of benzene rings is 1. The van der Waals surface area contributed by atoms with Crippen molar-refractivity contribution in [3.05, 3.63) is 29.3 Å². The van der Waals surface area contributed by atoms with Crippen LogP contribution in [0.15, 0.2) is 18.2 Å². The number of ketones is 1. The molecule has 110 valence electrons. The predicted molar refractivity (Wildman–Crippen MR) is 81.7 cm³/mol. The summed E-state index contributed by atoms with van der Waals surface area (Å²) in [6.07, 6.45) is 2.11. The van der Waals surface area contributed by atoms with Crippen molar-refractivity contribution < 1.29 is 18.4 Å². The van der Waals surface area contributed by atoms with E-state index >= 15 is 0 Å². The third-order valence-corrected chi connectivity index (χ3v) is 6.90. The standard InChI is InChI=1S/C14H19O4PS/c1-3-10-20-19(16,17-4-2)18-13-7-5-6-11-8-9-12(15)14(11)13/h5-7H,3-4,8-10H2,1-2H3. The fraction of sp³-hybridized carbons (Fsp3) is 0.500. The van der Waals surface area contributed by atoms with E-state index in [1.54, 1.807) is 13.0 Å². The van der Waals surface area contributed by atoms with Crippen LogP contribution in [0.2, 0.25) is 0 Å². The van der Waals surface area contributed by atoms with Crippen molar-refractivity contribution in [3.8, 4) is 5.75 Å². The second-order valence-corrected chi connectivity index (χ2v) is 8.62. The molecule has 2 rings (SSSR count). The number of hydrogen-bond acceptors (Lipinski definition) is 5. The molecule has 0 fully saturated rings. The van der Waals surface area contributed by atoms with Crippen LogP contribution in [-0.4, -0.2) is 18.1 Å². The van der Waals surface area contributed by atoms with Gasteiger partial charge in [-0.1, -0.05) is 19.1 Å². The molecule has 0 heterocycles. The number of Topliss-reactive ketones (excluding diaryl/α,β-unsaturated/α-hetero) is 1. The Balaban J connectivity index is 2.26. The average Bonchev–Trinajstić information content (AvgIpc) is 2.80. The van der Waals surface area contributed by atoms with E-state index in [4.69, 9.17) is 9.05 Å². The van der Waals surface area contributed by atoms with E-state index in [2.05, 4.69) is 0 Å². The summed E-state index contributed by atoms with van der Waals surface area (Å²) in [6, 6.07) is 5.44. The molecule has 6 heteroatoms. The molecule has 0 spiro atoms. The summed E-state index contributed by atoms with van der Waals surface area (Å²) in [5.74, 6) is 1.14. The van der Waals surface area contributed by atoms with Gasteiger partial charge in [0, 0.05) is 12.2 Å². The Labute approximate surface area is 123 Å². The summed E-state index contributed by atoms with van der Waals surface area (Å²) in [5, 5.41) is 0. The molecule has 0 saturated carbocycles. The molecule has 1 aromatic rings. The molecule has 20 heavy (non-hydrogen) atoms.